The molecule has 0 aliphatic rings. The molecule has 234 valence electrons. The Balaban J connectivity index is 6.45. The van der Waals surface area contributed by atoms with Gasteiger partial charge in [-0.1, -0.05) is 40.5 Å². The molecule has 0 aliphatic carbocycles. The fraction of sp³-hybridized carbons (Fsp3) is 0.742. The molecule has 0 aliphatic heterocycles. The molecule has 0 radical (unpaired) electrons. The minimum atomic E-state index is -1.27. The second-order valence-electron chi connectivity index (χ2n) is 13.0. The Bertz CT molecular complexity index is 1110. The van der Waals surface area contributed by atoms with Gasteiger partial charge in [-0.05, 0) is 50.9 Å². The molecule has 0 saturated heterocycles. The third kappa shape index (κ3) is 9.74. The van der Waals surface area contributed by atoms with Crippen molar-refractivity contribution >= 4 is 23.6 Å². The van der Waals surface area contributed by atoms with Crippen molar-refractivity contribution in [1.82, 2.24) is 16.0 Å². The van der Waals surface area contributed by atoms with Crippen LogP contribution in [0.4, 0.5) is 0 Å². The molecule has 4 amide bonds. The van der Waals surface area contributed by atoms with E-state index in [1.165, 1.54) is 0 Å². The van der Waals surface area contributed by atoms with Gasteiger partial charge in [0.1, 0.15) is 0 Å². The standard InChI is InChI=1S/C31H50N6O5/c1-10-16-35-24(40)12-15-30(8,21-33)28(5,6)31(9,26(42)37-18-22(2)38)19-27(3,4)29(7,20-32)14-11-25(41)36-17-13-23(34)39/h1,22,38H,11-19H2,2-9H3,(H2,34,39)(H,35,40)(H,36,41)(H,37,42). The van der Waals surface area contributed by atoms with E-state index in [1.54, 1.807) is 27.7 Å². The van der Waals surface area contributed by atoms with Crippen LogP contribution in [0, 0.1) is 62.1 Å². The van der Waals surface area contributed by atoms with Gasteiger partial charge in [0.15, 0.2) is 0 Å². The number of aliphatic hydroxyl groups is 1. The van der Waals surface area contributed by atoms with Gasteiger partial charge in [0, 0.05) is 32.4 Å². The van der Waals surface area contributed by atoms with E-state index in [4.69, 9.17) is 12.2 Å². The zero-order chi connectivity index (χ0) is 33.0. The first-order chi connectivity index (χ1) is 19.2. The number of nitrogens with zero attached hydrogens (tertiary/aromatic N) is 2. The Morgan fingerprint density at radius 3 is 1.81 bits per heavy atom. The van der Waals surface area contributed by atoms with Gasteiger partial charge < -0.3 is 26.8 Å². The van der Waals surface area contributed by atoms with Gasteiger partial charge >= 0.3 is 0 Å². The molecular formula is C31H50N6O5. The number of carbonyl (C=O) groups is 4. The number of aliphatic hydroxyl groups excluding tert-OH is 1. The van der Waals surface area contributed by atoms with Crippen molar-refractivity contribution in [1.29, 1.82) is 10.5 Å². The van der Waals surface area contributed by atoms with Crippen molar-refractivity contribution in [3.05, 3.63) is 0 Å². The van der Waals surface area contributed by atoms with Crippen molar-refractivity contribution < 1.29 is 24.3 Å². The summed E-state index contributed by atoms with van der Waals surface area (Å²) in [5.41, 5.74) is -0.302. The zero-order valence-electron chi connectivity index (χ0n) is 26.6. The summed E-state index contributed by atoms with van der Waals surface area (Å²) >= 11 is 0. The molecule has 0 aromatic heterocycles. The van der Waals surface area contributed by atoms with Crippen molar-refractivity contribution in [3.8, 4) is 24.5 Å². The van der Waals surface area contributed by atoms with Crippen LogP contribution in [-0.2, 0) is 19.2 Å². The molecule has 0 bridgehead atoms. The van der Waals surface area contributed by atoms with Gasteiger partial charge in [-0.25, -0.2) is 0 Å². The topological polar surface area (TPSA) is 198 Å². The van der Waals surface area contributed by atoms with E-state index in [0.29, 0.717) is 0 Å². The van der Waals surface area contributed by atoms with Crippen LogP contribution in [0.1, 0.15) is 93.9 Å². The molecule has 0 rings (SSSR count). The molecule has 0 aromatic carbocycles. The highest BCUT2D eigenvalue weighted by Gasteiger charge is 2.60. The number of nitrogens with one attached hydrogen (secondary N) is 3. The van der Waals surface area contributed by atoms with Crippen LogP contribution in [0.3, 0.4) is 0 Å². The molecule has 0 fully saturated rings. The van der Waals surface area contributed by atoms with E-state index in [0.717, 1.165) is 0 Å². The van der Waals surface area contributed by atoms with Gasteiger partial charge in [0.2, 0.25) is 23.6 Å². The van der Waals surface area contributed by atoms with E-state index in [-0.39, 0.29) is 70.0 Å². The normalized spacial score (nSPS) is 16.5. The quantitative estimate of drug-likeness (QED) is 0.152. The number of nitriles is 2. The Kier molecular flexibility index (Phi) is 14.2. The molecule has 11 nitrogen and oxygen atoms in total. The number of hydrogen-bond donors (Lipinski definition) is 5. The first kappa shape index (κ1) is 38.4. The zero-order valence-corrected chi connectivity index (χ0v) is 26.6. The first-order valence-corrected chi connectivity index (χ1v) is 14.2. The van der Waals surface area contributed by atoms with Crippen LogP contribution in [0.25, 0.3) is 0 Å². The number of amides is 4. The van der Waals surface area contributed by atoms with Crippen LogP contribution >= 0.6 is 0 Å². The molecule has 42 heavy (non-hydrogen) atoms. The Hall–Kier alpha value is -3.62. The van der Waals surface area contributed by atoms with E-state index in [1.807, 2.05) is 27.7 Å². The largest absolute Gasteiger partial charge is 0.392 e. The molecule has 4 unspecified atom stereocenters. The minimum absolute atomic E-state index is 0.00495. The van der Waals surface area contributed by atoms with Gasteiger partial charge in [0.05, 0.1) is 41.0 Å². The van der Waals surface area contributed by atoms with Crippen molar-refractivity contribution in [3.63, 3.8) is 0 Å². The molecule has 0 spiro atoms. The Morgan fingerprint density at radius 2 is 1.36 bits per heavy atom. The van der Waals surface area contributed by atoms with Gasteiger partial charge in [-0.3, -0.25) is 19.2 Å². The van der Waals surface area contributed by atoms with Crippen molar-refractivity contribution in [2.75, 3.05) is 19.6 Å². The van der Waals surface area contributed by atoms with Gasteiger partial charge in [-0.2, -0.15) is 10.5 Å². The summed E-state index contributed by atoms with van der Waals surface area (Å²) < 4.78 is 0. The highest BCUT2D eigenvalue weighted by atomic mass is 16.3. The number of hydrogen-bond acceptors (Lipinski definition) is 7. The third-order valence-corrected chi connectivity index (χ3v) is 9.39. The molecule has 6 N–H and O–H groups in total. The Labute approximate surface area is 251 Å². The summed E-state index contributed by atoms with van der Waals surface area (Å²) in [6.45, 7) is 14.2. The molecular weight excluding hydrogens is 536 g/mol. The van der Waals surface area contributed by atoms with Crippen molar-refractivity contribution in [2.45, 2.75) is 100 Å². The SMILES string of the molecule is C#CCNC(=O)CCC(C)(C#N)C(C)(C)C(C)(CC(C)(C)C(C)(C#N)CCC(=O)NCCC(N)=O)C(=O)NCC(C)O. The van der Waals surface area contributed by atoms with Gasteiger partial charge in [0.25, 0.3) is 0 Å². The maximum absolute atomic E-state index is 14.0. The summed E-state index contributed by atoms with van der Waals surface area (Å²) in [4.78, 5) is 49.7. The van der Waals surface area contributed by atoms with Crippen LogP contribution in [0.2, 0.25) is 0 Å². The molecule has 0 aromatic rings. The van der Waals surface area contributed by atoms with Crippen LogP contribution < -0.4 is 21.7 Å². The predicted octanol–water partition coefficient (Wildman–Crippen LogP) is 2.29. The van der Waals surface area contributed by atoms with Gasteiger partial charge in [-0.15, -0.1) is 6.42 Å². The summed E-state index contributed by atoms with van der Waals surface area (Å²) in [6.07, 6.45) is 4.93. The fourth-order valence-corrected chi connectivity index (χ4v) is 5.14. The van der Waals surface area contributed by atoms with Crippen LogP contribution in [-0.4, -0.2) is 54.5 Å². The third-order valence-electron chi connectivity index (χ3n) is 9.39. The van der Waals surface area contributed by atoms with E-state index >= 15 is 0 Å². The summed E-state index contributed by atoms with van der Waals surface area (Å²) in [6, 6.07) is 4.73. The minimum Gasteiger partial charge on any atom is -0.392 e. The van der Waals surface area contributed by atoms with E-state index < -0.39 is 45.0 Å². The van der Waals surface area contributed by atoms with E-state index in [9.17, 15) is 34.8 Å². The molecule has 0 saturated carbocycles. The number of primary amides is 1. The second kappa shape index (κ2) is 15.6. The first-order valence-electron chi connectivity index (χ1n) is 14.2. The van der Waals surface area contributed by atoms with E-state index in [2.05, 4.69) is 34.0 Å². The Morgan fingerprint density at radius 1 is 0.857 bits per heavy atom. The van der Waals surface area contributed by atoms with Crippen LogP contribution in [0.5, 0.6) is 0 Å². The summed E-state index contributed by atoms with van der Waals surface area (Å²) in [5.74, 6) is 0.769. The second-order valence-corrected chi connectivity index (χ2v) is 13.0. The predicted molar refractivity (Wildman–Crippen MR) is 160 cm³/mol. The lowest BCUT2D eigenvalue weighted by molar-refractivity contribution is -0.149. The molecule has 0 heterocycles. The monoisotopic (exact) mass is 586 g/mol. The molecule has 11 heteroatoms. The van der Waals surface area contributed by atoms with Crippen LogP contribution in [0.15, 0.2) is 0 Å². The number of nitrogens with two attached hydrogens (primary N) is 1. The van der Waals surface area contributed by atoms with Crippen molar-refractivity contribution in [2.24, 2.45) is 32.8 Å². The fourth-order valence-electron chi connectivity index (χ4n) is 5.14. The lowest BCUT2D eigenvalue weighted by Gasteiger charge is -2.55. The average Bonchev–Trinajstić information content (AvgIpc) is 2.90. The highest BCUT2D eigenvalue weighted by molar-refractivity contribution is 5.83. The smallest absolute Gasteiger partial charge is 0.226 e. The maximum Gasteiger partial charge on any atom is 0.226 e. The number of rotatable bonds is 18. The maximum atomic E-state index is 14.0. The number of carbonyl (C=O) groups excluding carboxylic acids is 4. The average molecular weight is 587 g/mol. The highest BCUT2D eigenvalue weighted by Crippen LogP contribution is 2.60. The summed E-state index contributed by atoms with van der Waals surface area (Å²) in [5, 5.41) is 38.7. The lowest BCUT2D eigenvalue weighted by atomic mass is 9.47. The summed E-state index contributed by atoms with van der Waals surface area (Å²) in [7, 11) is 0. The molecule has 4 atom stereocenters. The lowest BCUT2D eigenvalue weighted by Crippen LogP contribution is -2.58. The number of terminal acetylenes is 1.